The second-order valence-corrected chi connectivity index (χ2v) is 8.69. The van der Waals surface area contributed by atoms with E-state index < -0.39 is 0 Å². The van der Waals surface area contributed by atoms with Crippen LogP contribution in [-0.4, -0.2) is 22.8 Å². The predicted molar refractivity (Wildman–Crippen MR) is 115 cm³/mol. The van der Waals surface area contributed by atoms with Gasteiger partial charge in [-0.15, -0.1) is 11.8 Å². The number of thioether (sulfide) groups is 1. The van der Waals surface area contributed by atoms with Crippen molar-refractivity contribution < 1.29 is 9.53 Å². The maximum atomic E-state index is 12.0. The molecule has 1 aromatic heterocycles. The molecule has 0 saturated heterocycles. The molecule has 1 saturated carbocycles. The second-order valence-electron chi connectivity index (χ2n) is 7.31. The lowest BCUT2D eigenvalue weighted by molar-refractivity contribution is -0.142. The quantitative estimate of drug-likeness (QED) is 0.380. The van der Waals surface area contributed by atoms with Gasteiger partial charge in [-0.05, 0) is 66.1 Å². The summed E-state index contributed by atoms with van der Waals surface area (Å²) in [7, 11) is 0. The monoisotopic (exact) mass is 391 g/mol. The molecule has 1 fully saturated rings. The van der Waals surface area contributed by atoms with E-state index in [0.29, 0.717) is 6.61 Å². The Morgan fingerprint density at radius 2 is 1.93 bits per heavy atom. The van der Waals surface area contributed by atoms with Gasteiger partial charge in [0, 0.05) is 23.7 Å². The van der Waals surface area contributed by atoms with Gasteiger partial charge in [-0.1, -0.05) is 36.4 Å². The Kier molecular flexibility index (Phi) is 5.67. The van der Waals surface area contributed by atoms with Gasteiger partial charge < -0.3 is 4.74 Å². The lowest BCUT2D eigenvalue weighted by Gasteiger charge is -2.15. The average molecular weight is 392 g/mol. The van der Waals surface area contributed by atoms with E-state index >= 15 is 0 Å². The molecule has 2 aromatic carbocycles. The van der Waals surface area contributed by atoms with Crippen LogP contribution in [-0.2, 0) is 16.0 Å². The summed E-state index contributed by atoms with van der Waals surface area (Å²) in [6.07, 6.45) is 7.12. The van der Waals surface area contributed by atoms with Crippen molar-refractivity contribution in [1.29, 1.82) is 0 Å². The first-order valence-electron chi connectivity index (χ1n) is 9.94. The van der Waals surface area contributed by atoms with Crippen molar-refractivity contribution in [3.63, 3.8) is 0 Å². The van der Waals surface area contributed by atoms with Crippen LogP contribution in [0.25, 0.3) is 10.8 Å². The normalized spacial score (nSPS) is 14.8. The van der Waals surface area contributed by atoms with Gasteiger partial charge in [-0.25, -0.2) is 0 Å². The molecule has 0 N–H and O–H groups in total. The number of aromatic nitrogens is 1. The fraction of sp³-hybridized carbons (Fsp3) is 0.333. The Morgan fingerprint density at radius 3 is 2.68 bits per heavy atom. The SMILES string of the molecule is CCOC(=O)C(C)Sc1ccncc1Cc1ccc(C2CC2)c2ccccc12. The minimum Gasteiger partial charge on any atom is -0.465 e. The van der Waals surface area contributed by atoms with Crippen molar-refractivity contribution in [2.24, 2.45) is 0 Å². The van der Waals surface area contributed by atoms with Gasteiger partial charge >= 0.3 is 5.97 Å². The van der Waals surface area contributed by atoms with Crippen LogP contribution in [0.1, 0.15) is 49.3 Å². The first-order chi connectivity index (χ1) is 13.7. The molecule has 28 heavy (non-hydrogen) atoms. The molecule has 144 valence electrons. The summed E-state index contributed by atoms with van der Waals surface area (Å²) >= 11 is 1.55. The summed E-state index contributed by atoms with van der Waals surface area (Å²) in [6.45, 7) is 4.14. The van der Waals surface area contributed by atoms with Gasteiger partial charge in [0.05, 0.1) is 6.61 Å². The first-order valence-corrected chi connectivity index (χ1v) is 10.8. The van der Waals surface area contributed by atoms with Crippen molar-refractivity contribution in [2.75, 3.05) is 6.61 Å². The van der Waals surface area contributed by atoms with Crippen molar-refractivity contribution in [2.45, 2.75) is 49.2 Å². The van der Waals surface area contributed by atoms with Gasteiger partial charge in [-0.2, -0.15) is 0 Å². The molecule has 1 atom stereocenters. The van der Waals surface area contributed by atoms with Crippen LogP contribution in [0.4, 0.5) is 0 Å². The molecule has 3 aromatic rings. The van der Waals surface area contributed by atoms with Crippen molar-refractivity contribution in [1.82, 2.24) is 4.98 Å². The molecule has 4 rings (SSSR count). The summed E-state index contributed by atoms with van der Waals surface area (Å²) in [5.41, 5.74) is 3.93. The van der Waals surface area contributed by atoms with Crippen molar-refractivity contribution in [3.8, 4) is 0 Å². The molecule has 0 amide bonds. The van der Waals surface area contributed by atoms with E-state index in [2.05, 4.69) is 41.4 Å². The maximum Gasteiger partial charge on any atom is 0.319 e. The van der Waals surface area contributed by atoms with Crippen LogP contribution in [0, 0.1) is 0 Å². The Labute approximate surface area is 170 Å². The standard InChI is InChI=1S/C24H25NO2S/c1-3-27-24(26)16(2)28-23-12-13-25-15-19(23)14-18-10-11-21(17-8-9-17)22-7-5-4-6-20(18)22/h4-7,10-13,15-17H,3,8-9,14H2,1-2H3. The number of carbonyl (C=O) groups is 1. The van der Waals surface area contributed by atoms with E-state index in [1.165, 1.54) is 34.7 Å². The average Bonchev–Trinajstić information content (AvgIpc) is 3.55. The number of pyridine rings is 1. The van der Waals surface area contributed by atoms with E-state index in [4.69, 9.17) is 4.74 Å². The number of hydrogen-bond acceptors (Lipinski definition) is 4. The molecule has 1 heterocycles. The number of hydrogen-bond donors (Lipinski definition) is 0. The highest BCUT2D eigenvalue weighted by atomic mass is 32.2. The lowest BCUT2D eigenvalue weighted by atomic mass is 9.94. The lowest BCUT2D eigenvalue weighted by Crippen LogP contribution is -2.16. The minimum atomic E-state index is -0.241. The van der Waals surface area contributed by atoms with Gasteiger partial charge in [0.15, 0.2) is 0 Å². The van der Waals surface area contributed by atoms with Crippen LogP contribution in [0.5, 0.6) is 0 Å². The molecule has 1 aliphatic rings. The zero-order valence-corrected chi connectivity index (χ0v) is 17.2. The van der Waals surface area contributed by atoms with E-state index in [9.17, 15) is 4.79 Å². The highest BCUT2D eigenvalue weighted by molar-refractivity contribution is 8.00. The van der Waals surface area contributed by atoms with Crippen LogP contribution >= 0.6 is 11.8 Å². The molecule has 0 aliphatic heterocycles. The van der Waals surface area contributed by atoms with Crippen LogP contribution < -0.4 is 0 Å². The fourth-order valence-electron chi connectivity index (χ4n) is 3.65. The number of esters is 1. The summed E-state index contributed by atoms with van der Waals surface area (Å²) in [5, 5.41) is 2.46. The van der Waals surface area contributed by atoms with Crippen LogP contribution in [0.2, 0.25) is 0 Å². The zero-order chi connectivity index (χ0) is 19.5. The number of nitrogens with zero attached hydrogens (tertiary/aromatic N) is 1. The molecule has 0 radical (unpaired) electrons. The zero-order valence-electron chi connectivity index (χ0n) is 16.4. The summed E-state index contributed by atoms with van der Waals surface area (Å²) in [4.78, 5) is 17.5. The molecule has 0 spiro atoms. The first kappa shape index (κ1) is 19.0. The summed E-state index contributed by atoms with van der Waals surface area (Å²) in [5.74, 6) is 0.559. The molecule has 3 nitrogen and oxygen atoms in total. The minimum absolute atomic E-state index is 0.172. The van der Waals surface area contributed by atoms with Gasteiger partial charge in [0.2, 0.25) is 0 Å². The van der Waals surface area contributed by atoms with E-state index in [1.54, 1.807) is 18.0 Å². The largest absolute Gasteiger partial charge is 0.465 e. The highest BCUT2D eigenvalue weighted by Gasteiger charge is 2.25. The second kappa shape index (κ2) is 8.36. The van der Waals surface area contributed by atoms with Gasteiger partial charge in [-0.3, -0.25) is 9.78 Å². The van der Waals surface area contributed by atoms with Crippen molar-refractivity contribution >= 4 is 28.5 Å². The topological polar surface area (TPSA) is 39.2 Å². The van der Waals surface area contributed by atoms with Gasteiger partial charge in [0.1, 0.15) is 5.25 Å². The van der Waals surface area contributed by atoms with E-state index in [-0.39, 0.29) is 11.2 Å². The number of carbonyl (C=O) groups excluding carboxylic acids is 1. The molecule has 1 aliphatic carbocycles. The third-order valence-corrected chi connectivity index (χ3v) is 6.43. The predicted octanol–water partition coefficient (Wildman–Crippen LogP) is 5.75. The third kappa shape index (κ3) is 4.07. The van der Waals surface area contributed by atoms with Gasteiger partial charge in [0.25, 0.3) is 0 Å². The Bertz CT molecular complexity index is 997. The van der Waals surface area contributed by atoms with E-state index in [0.717, 1.165) is 22.8 Å². The Hall–Kier alpha value is -2.33. The highest BCUT2D eigenvalue weighted by Crippen LogP contribution is 2.44. The molecular weight excluding hydrogens is 366 g/mol. The molecule has 0 bridgehead atoms. The molecule has 4 heteroatoms. The number of fused-ring (bicyclic) bond motifs is 1. The van der Waals surface area contributed by atoms with Crippen LogP contribution in [0.3, 0.4) is 0 Å². The molecule has 1 unspecified atom stereocenters. The van der Waals surface area contributed by atoms with Crippen molar-refractivity contribution in [3.05, 3.63) is 71.5 Å². The number of ether oxygens (including phenoxy) is 1. The Morgan fingerprint density at radius 1 is 1.14 bits per heavy atom. The number of benzene rings is 2. The Balaban J connectivity index is 1.63. The van der Waals surface area contributed by atoms with E-state index in [1.807, 2.05) is 26.1 Å². The van der Waals surface area contributed by atoms with Crippen LogP contribution in [0.15, 0.2) is 59.8 Å². The maximum absolute atomic E-state index is 12.0. The third-order valence-electron chi connectivity index (χ3n) is 5.23. The fourth-order valence-corrected chi connectivity index (χ4v) is 4.62. The summed E-state index contributed by atoms with van der Waals surface area (Å²) < 4.78 is 5.16. The smallest absolute Gasteiger partial charge is 0.319 e. The number of rotatable bonds is 7. The summed E-state index contributed by atoms with van der Waals surface area (Å²) in [6, 6.07) is 15.3. The molecular formula is C24H25NO2S.